The van der Waals surface area contributed by atoms with Gasteiger partial charge in [-0.25, -0.2) is 4.21 Å². The van der Waals surface area contributed by atoms with Gasteiger partial charge in [0.2, 0.25) is 0 Å². The number of thiophene rings is 1. The van der Waals surface area contributed by atoms with Crippen LogP contribution < -0.4 is 10.6 Å². The SMILES string of the molecule is Cc1ccc([C@H](NC2=NS(=O)N=C2Nc2cccc(C(=O)N3CCCC3CO)c2O)C(C)(C)C)s1. The molecule has 2 aromatic rings. The number of hydrogen-bond donors (Lipinski definition) is 4. The summed E-state index contributed by atoms with van der Waals surface area (Å²) in [5.41, 5.74) is 0.202. The minimum atomic E-state index is -1.81. The van der Waals surface area contributed by atoms with Gasteiger partial charge in [0.1, 0.15) is 0 Å². The zero-order chi connectivity index (χ0) is 25.3. The number of rotatable bonds is 5. The maximum atomic E-state index is 13.1. The first-order valence-electron chi connectivity index (χ1n) is 11.5. The van der Waals surface area contributed by atoms with E-state index >= 15 is 0 Å². The van der Waals surface area contributed by atoms with Crippen LogP contribution in [-0.4, -0.2) is 56.1 Å². The van der Waals surface area contributed by atoms with Crippen LogP contribution >= 0.6 is 11.3 Å². The zero-order valence-corrected chi connectivity index (χ0v) is 21.9. The molecule has 1 fully saturated rings. The molecular weight excluding hydrogens is 486 g/mol. The molecule has 9 nitrogen and oxygen atoms in total. The number of aromatic hydroxyl groups is 1. The maximum absolute atomic E-state index is 13.1. The molecule has 11 heteroatoms. The Hall–Kier alpha value is -2.76. The number of anilines is 1. The van der Waals surface area contributed by atoms with E-state index in [0.717, 1.165) is 17.7 Å². The molecule has 188 valence electrons. The van der Waals surface area contributed by atoms with Crippen LogP contribution in [0.2, 0.25) is 0 Å². The number of amides is 1. The van der Waals surface area contributed by atoms with Gasteiger partial charge in [-0.15, -0.1) is 20.1 Å². The molecule has 4 rings (SSSR count). The monoisotopic (exact) mass is 517 g/mol. The second kappa shape index (κ2) is 10.1. The number of amidine groups is 2. The van der Waals surface area contributed by atoms with Crippen molar-refractivity contribution in [2.45, 2.75) is 52.6 Å². The molecule has 1 aromatic heterocycles. The number of aliphatic hydroxyl groups is 1. The summed E-state index contributed by atoms with van der Waals surface area (Å²) >= 11 is -0.130. The smallest absolute Gasteiger partial charge is 0.269 e. The van der Waals surface area contributed by atoms with Gasteiger partial charge < -0.3 is 25.7 Å². The van der Waals surface area contributed by atoms with Gasteiger partial charge in [-0.1, -0.05) is 26.8 Å². The average molecular weight is 518 g/mol. The van der Waals surface area contributed by atoms with Gasteiger partial charge in [0.25, 0.3) is 17.1 Å². The predicted octanol–water partition coefficient (Wildman–Crippen LogP) is 3.54. The normalized spacial score (nSPS) is 21.0. The minimum Gasteiger partial charge on any atom is -0.505 e. The van der Waals surface area contributed by atoms with Crippen LogP contribution in [0.3, 0.4) is 0 Å². The van der Waals surface area contributed by atoms with Crippen molar-refractivity contribution in [2.24, 2.45) is 14.2 Å². The summed E-state index contributed by atoms with van der Waals surface area (Å²) in [5.74, 6) is -0.0277. The molecule has 0 radical (unpaired) electrons. The van der Waals surface area contributed by atoms with Crippen LogP contribution in [0.4, 0.5) is 5.69 Å². The van der Waals surface area contributed by atoms with Crippen LogP contribution in [0.15, 0.2) is 39.1 Å². The molecule has 0 saturated carbocycles. The van der Waals surface area contributed by atoms with Crippen molar-refractivity contribution in [3.05, 3.63) is 45.6 Å². The topological polar surface area (TPSA) is 127 Å². The number of phenolic OH excluding ortho intramolecular Hbond substituents is 1. The highest BCUT2D eigenvalue weighted by molar-refractivity contribution is 7.83. The van der Waals surface area contributed by atoms with E-state index in [1.54, 1.807) is 34.4 Å². The Kier molecular flexibility index (Phi) is 7.30. The van der Waals surface area contributed by atoms with E-state index < -0.39 is 11.2 Å². The Balaban J connectivity index is 1.57. The van der Waals surface area contributed by atoms with Crippen LogP contribution in [-0.2, 0) is 11.2 Å². The van der Waals surface area contributed by atoms with Gasteiger partial charge in [0.15, 0.2) is 17.4 Å². The first-order valence-corrected chi connectivity index (χ1v) is 13.4. The van der Waals surface area contributed by atoms with E-state index in [0.29, 0.717) is 12.4 Å². The Morgan fingerprint density at radius 1 is 1.26 bits per heavy atom. The molecule has 4 N–H and O–H groups in total. The first-order chi connectivity index (χ1) is 16.6. The second-order valence-electron chi connectivity index (χ2n) is 9.81. The third kappa shape index (κ3) is 5.41. The van der Waals surface area contributed by atoms with Crippen molar-refractivity contribution in [3.63, 3.8) is 0 Å². The quantitative estimate of drug-likeness (QED) is 0.450. The van der Waals surface area contributed by atoms with Crippen LogP contribution in [0.25, 0.3) is 0 Å². The lowest BCUT2D eigenvalue weighted by atomic mass is 9.85. The number of nitrogens with zero attached hydrogens (tertiary/aromatic N) is 3. The first kappa shape index (κ1) is 25.3. The fraction of sp³-hybridized carbons (Fsp3) is 0.458. The number of likely N-dealkylation sites (tertiary alicyclic amines) is 1. The summed E-state index contributed by atoms with van der Waals surface area (Å²) in [4.78, 5) is 17.0. The second-order valence-corrected chi connectivity index (χ2v) is 12.0. The lowest BCUT2D eigenvalue weighted by Crippen LogP contribution is -2.41. The number of carbonyl (C=O) groups is 1. The van der Waals surface area contributed by atoms with Gasteiger partial charge in [-0.05, 0) is 49.4 Å². The fourth-order valence-corrected chi connectivity index (χ4v) is 6.09. The third-order valence-corrected chi connectivity index (χ3v) is 7.87. The van der Waals surface area contributed by atoms with E-state index in [9.17, 15) is 19.2 Å². The van der Waals surface area contributed by atoms with Crippen molar-refractivity contribution in [1.82, 2.24) is 10.2 Å². The molecule has 3 heterocycles. The van der Waals surface area contributed by atoms with Crippen molar-refractivity contribution < 1.29 is 19.2 Å². The molecule has 2 aliphatic rings. The van der Waals surface area contributed by atoms with E-state index in [2.05, 4.69) is 52.3 Å². The lowest BCUT2D eigenvalue weighted by molar-refractivity contribution is 0.0674. The van der Waals surface area contributed by atoms with Crippen LogP contribution in [0.5, 0.6) is 5.75 Å². The van der Waals surface area contributed by atoms with Crippen LogP contribution in [0.1, 0.15) is 59.8 Å². The van der Waals surface area contributed by atoms with Crippen molar-refractivity contribution in [3.8, 4) is 5.75 Å². The molecular formula is C24H31N5O4S2. The van der Waals surface area contributed by atoms with E-state index in [4.69, 9.17) is 0 Å². The molecule has 1 amide bonds. The standard InChI is InChI=1S/C24H31N5O4S2/c1-14-10-11-18(34-14)20(24(2,3)4)26-22-21(27-35(33)28-22)25-17-9-5-8-16(19(17)31)23(32)29-12-6-7-15(29)13-30/h5,8-11,15,20,30-31H,6-7,12-13H2,1-4H3,(H,25,27)(H,26,28)/t15?,20-,35?/m0/s1. The number of aryl methyl sites for hydroxylation is 1. The number of aliphatic hydroxyl groups excluding tert-OH is 1. The summed E-state index contributed by atoms with van der Waals surface area (Å²) in [6.45, 7) is 8.79. The zero-order valence-electron chi connectivity index (χ0n) is 20.2. The average Bonchev–Trinajstić information content (AvgIpc) is 3.52. The van der Waals surface area contributed by atoms with Crippen LogP contribution in [0, 0.1) is 12.3 Å². The fourth-order valence-electron chi connectivity index (χ4n) is 4.29. The number of benzene rings is 1. The van der Waals surface area contributed by atoms with Gasteiger partial charge >= 0.3 is 0 Å². The molecule has 0 spiro atoms. The highest BCUT2D eigenvalue weighted by Crippen LogP contribution is 2.37. The highest BCUT2D eigenvalue weighted by atomic mass is 32.2. The molecule has 1 saturated heterocycles. The minimum absolute atomic E-state index is 0.114. The highest BCUT2D eigenvalue weighted by Gasteiger charge is 2.33. The number of carbonyl (C=O) groups excluding carboxylic acids is 1. The lowest BCUT2D eigenvalue weighted by Gasteiger charge is -2.31. The molecule has 2 aliphatic heterocycles. The van der Waals surface area contributed by atoms with Crippen molar-refractivity contribution in [1.29, 1.82) is 0 Å². The molecule has 2 unspecified atom stereocenters. The number of phenols is 1. The van der Waals surface area contributed by atoms with Crippen molar-refractivity contribution >= 4 is 45.8 Å². The Bertz CT molecular complexity index is 1200. The summed E-state index contributed by atoms with van der Waals surface area (Å²) in [6.07, 6.45) is 1.54. The van der Waals surface area contributed by atoms with E-state index in [1.807, 2.05) is 6.92 Å². The molecule has 35 heavy (non-hydrogen) atoms. The largest absolute Gasteiger partial charge is 0.505 e. The van der Waals surface area contributed by atoms with Gasteiger partial charge in [-0.2, -0.15) is 0 Å². The van der Waals surface area contributed by atoms with Gasteiger partial charge in [-0.3, -0.25) is 4.79 Å². The summed E-state index contributed by atoms with van der Waals surface area (Å²) in [6, 6.07) is 8.58. The third-order valence-electron chi connectivity index (χ3n) is 6.12. The van der Waals surface area contributed by atoms with Crippen molar-refractivity contribution in [2.75, 3.05) is 18.5 Å². The number of para-hydroxylation sites is 1. The Morgan fingerprint density at radius 2 is 2.00 bits per heavy atom. The predicted molar refractivity (Wildman–Crippen MR) is 140 cm³/mol. The Labute approximate surface area is 211 Å². The number of hydrogen-bond acceptors (Lipinski definition) is 7. The summed E-state index contributed by atoms with van der Waals surface area (Å²) in [7, 11) is 0. The summed E-state index contributed by atoms with van der Waals surface area (Å²) in [5, 5.41) is 26.9. The molecule has 0 bridgehead atoms. The van der Waals surface area contributed by atoms with Gasteiger partial charge in [0.05, 0.1) is 29.9 Å². The van der Waals surface area contributed by atoms with E-state index in [-0.39, 0.29) is 52.8 Å². The molecule has 3 atom stereocenters. The van der Waals surface area contributed by atoms with Gasteiger partial charge in [0, 0.05) is 16.3 Å². The molecule has 1 aromatic carbocycles. The summed E-state index contributed by atoms with van der Waals surface area (Å²) < 4.78 is 20.5. The molecule has 0 aliphatic carbocycles. The number of nitrogens with one attached hydrogen (secondary N) is 2. The maximum Gasteiger partial charge on any atom is 0.269 e. The Morgan fingerprint density at radius 3 is 2.66 bits per heavy atom. The van der Waals surface area contributed by atoms with E-state index in [1.165, 1.54) is 4.88 Å².